The summed E-state index contributed by atoms with van der Waals surface area (Å²) < 4.78 is 3.02. The largest absolute Gasteiger partial charge is 0.368 e. The van der Waals surface area contributed by atoms with Crippen molar-refractivity contribution in [3.8, 4) is 6.07 Å². The number of hydrogen-bond donors (Lipinski definition) is 1. The van der Waals surface area contributed by atoms with Crippen molar-refractivity contribution in [3.63, 3.8) is 0 Å². The third kappa shape index (κ3) is 3.98. The number of amides is 1. The number of pyridine rings is 1. The van der Waals surface area contributed by atoms with E-state index in [4.69, 9.17) is 11.0 Å². The van der Waals surface area contributed by atoms with Crippen LogP contribution in [0.5, 0.6) is 0 Å². The van der Waals surface area contributed by atoms with Crippen LogP contribution in [0.4, 0.5) is 5.69 Å². The van der Waals surface area contributed by atoms with Gasteiger partial charge in [0.2, 0.25) is 5.91 Å². The molecule has 1 amide bonds. The molecule has 35 heavy (non-hydrogen) atoms. The van der Waals surface area contributed by atoms with E-state index in [0.29, 0.717) is 36.4 Å². The lowest BCUT2D eigenvalue weighted by molar-refractivity contribution is -0.124. The van der Waals surface area contributed by atoms with E-state index in [2.05, 4.69) is 26.0 Å². The van der Waals surface area contributed by atoms with Crippen LogP contribution in [0.3, 0.4) is 0 Å². The maximum atomic E-state index is 12.7. The molecule has 11 nitrogen and oxygen atoms in total. The number of aromatic nitrogens is 5. The van der Waals surface area contributed by atoms with Gasteiger partial charge < -0.3 is 15.2 Å². The fourth-order valence-electron chi connectivity index (χ4n) is 4.80. The molecule has 0 radical (unpaired) electrons. The second-order valence-corrected chi connectivity index (χ2v) is 8.73. The summed E-state index contributed by atoms with van der Waals surface area (Å²) in [6, 6.07) is 8.86. The van der Waals surface area contributed by atoms with Gasteiger partial charge in [-0.1, -0.05) is 6.07 Å². The van der Waals surface area contributed by atoms with Crippen LogP contribution in [0.25, 0.3) is 22.1 Å². The van der Waals surface area contributed by atoms with Crippen LogP contribution in [0, 0.1) is 11.3 Å². The number of nitriles is 1. The van der Waals surface area contributed by atoms with E-state index in [1.807, 2.05) is 30.0 Å². The number of primary amides is 1. The van der Waals surface area contributed by atoms with Crippen molar-refractivity contribution < 1.29 is 4.79 Å². The molecule has 11 heteroatoms. The molecule has 0 spiro atoms. The van der Waals surface area contributed by atoms with Crippen molar-refractivity contribution in [1.29, 1.82) is 5.26 Å². The Morgan fingerprint density at radius 3 is 2.74 bits per heavy atom. The van der Waals surface area contributed by atoms with E-state index < -0.39 is 11.9 Å². The Bertz CT molecular complexity index is 1530. The molecule has 0 aliphatic carbocycles. The zero-order valence-corrected chi connectivity index (χ0v) is 19.5. The van der Waals surface area contributed by atoms with Crippen molar-refractivity contribution in [1.82, 2.24) is 29.2 Å². The van der Waals surface area contributed by atoms with Crippen LogP contribution in [-0.2, 0) is 18.4 Å². The van der Waals surface area contributed by atoms with E-state index in [1.54, 1.807) is 25.6 Å². The molecule has 178 valence electrons. The minimum Gasteiger partial charge on any atom is -0.368 e. The van der Waals surface area contributed by atoms with E-state index in [-0.39, 0.29) is 18.1 Å². The number of carbonyl (C=O) groups excluding carboxylic acids is 1. The lowest BCUT2D eigenvalue weighted by Gasteiger charge is -2.43. The number of carbonyl (C=O) groups is 1. The van der Waals surface area contributed by atoms with Crippen molar-refractivity contribution in [3.05, 3.63) is 58.8 Å². The van der Waals surface area contributed by atoms with Crippen LogP contribution in [0.15, 0.2) is 47.7 Å². The predicted octanol–water partition coefficient (Wildman–Crippen LogP) is 0.939. The standard InChI is InChI=1S/C24H25N9O2/c1-15(16-3-4-17-18(11-16)28-7-6-27-17)33-10-9-31(13-21(33)24(26)35)19-12-22(34)30(2)20-14-32(8-5-25)29-23(19)20/h3-4,6-7,11-12,14-15,21H,8-10,13H2,1-2H3,(H2,26,35)/t15-,21?/m0/s1. The highest BCUT2D eigenvalue weighted by molar-refractivity contribution is 5.89. The second-order valence-electron chi connectivity index (χ2n) is 8.73. The third-order valence-corrected chi connectivity index (χ3v) is 6.73. The van der Waals surface area contributed by atoms with Crippen LogP contribution in [0.1, 0.15) is 18.5 Å². The van der Waals surface area contributed by atoms with Gasteiger partial charge in [0, 0.05) is 51.2 Å². The average Bonchev–Trinajstić information content (AvgIpc) is 3.29. The monoisotopic (exact) mass is 471 g/mol. The van der Waals surface area contributed by atoms with E-state index in [0.717, 1.165) is 16.6 Å². The van der Waals surface area contributed by atoms with Gasteiger partial charge in [-0.2, -0.15) is 10.4 Å². The van der Waals surface area contributed by atoms with Crippen LogP contribution >= 0.6 is 0 Å². The predicted molar refractivity (Wildman–Crippen MR) is 130 cm³/mol. The Kier molecular flexibility index (Phi) is 5.66. The van der Waals surface area contributed by atoms with Crippen LogP contribution in [-0.4, -0.2) is 60.8 Å². The number of fused-ring (bicyclic) bond motifs is 2. The first-order chi connectivity index (χ1) is 16.9. The third-order valence-electron chi connectivity index (χ3n) is 6.73. The van der Waals surface area contributed by atoms with Crippen molar-refractivity contribution in [2.45, 2.75) is 25.6 Å². The molecule has 1 unspecified atom stereocenters. The first kappa shape index (κ1) is 22.5. The quantitative estimate of drug-likeness (QED) is 0.454. The highest BCUT2D eigenvalue weighted by Crippen LogP contribution is 2.30. The zero-order valence-electron chi connectivity index (χ0n) is 19.5. The Labute approximate surface area is 201 Å². The summed E-state index contributed by atoms with van der Waals surface area (Å²) in [7, 11) is 1.67. The van der Waals surface area contributed by atoms with Gasteiger partial charge in [0.25, 0.3) is 5.56 Å². The molecule has 4 aromatic rings. The number of nitrogens with two attached hydrogens (primary N) is 1. The number of hydrogen-bond acceptors (Lipinski definition) is 8. The number of benzene rings is 1. The molecule has 1 aromatic carbocycles. The lowest BCUT2D eigenvalue weighted by atomic mass is 10.0. The van der Waals surface area contributed by atoms with Gasteiger partial charge in [-0.25, -0.2) is 0 Å². The Hall–Kier alpha value is -4.30. The molecule has 1 aliphatic heterocycles. The fourth-order valence-corrected chi connectivity index (χ4v) is 4.80. The molecule has 2 N–H and O–H groups in total. The molecule has 1 saturated heterocycles. The smallest absolute Gasteiger partial charge is 0.252 e. The molecule has 1 fully saturated rings. The van der Waals surface area contributed by atoms with E-state index >= 15 is 0 Å². The molecular weight excluding hydrogens is 446 g/mol. The summed E-state index contributed by atoms with van der Waals surface area (Å²) in [6.07, 6.45) is 5.01. The van der Waals surface area contributed by atoms with Crippen molar-refractivity contribution >= 4 is 33.7 Å². The highest BCUT2D eigenvalue weighted by atomic mass is 16.1. The molecule has 0 bridgehead atoms. The molecule has 3 aromatic heterocycles. The number of anilines is 1. The van der Waals surface area contributed by atoms with Crippen molar-refractivity contribution in [2.75, 3.05) is 24.5 Å². The molecule has 5 rings (SSSR count). The SMILES string of the molecule is C[C@@H](c1ccc2nccnc2c1)N1CCN(c2cc(=O)n(C)c3cn(CC#N)nc23)CC1C(N)=O. The van der Waals surface area contributed by atoms with Gasteiger partial charge in [0.15, 0.2) is 0 Å². The number of aryl methyl sites for hydroxylation is 1. The van der Waals surface area contributed by atoms with E-state index in [9.17, 15) is 9.59 Å². The highest BCUT2D eigenvalue weighted by Gasteiger charge is 2.35. The summed E-state index contributed by atoms with van der Waals surface area (Å²) in [5.74, 6) is -0.433. The van der Waals surface area contributed by atoms with Gasteiger partial charge in [-0.05, 0) is 24.6 Å². The maximum Gasteiger partial charge on any atom is 0.252 e. The Balaban J connectivity index is 1.47. The zero-order chi connectivity index (χ0) is 24.7. The molecule has 4 heterocycles. The van der Waals surface area contributed by atoms with Gasteiger partial charge in [-0.3, -0.25) is 29.1 Å². The fraction of sp³-hybridized carbons (Fsp3) is 0.333. The number of rotatable bonds is 5. The van der Waals surface area contributed by atoms with E-state index in [1.165, 1.54) is 15.3 Å². The summed E-state index contributed by atoms with van der Waals surface area (Å²) in [5.41, 5.74) is 10.2. The Morgan fingerprint density at radius 2 is 2.00 bits per heavy atom. The maximum absolute atomic E-state index is 12.7. The summed E-state index contributed by atoms with van der Waals surface area (Å²) >= 11 is 0. The molecule has 0 saturated carbocycles. The first-order valence-electron chi connectivity index (χ1n) is 11.3. The molecular formula is C24H25N9O2. The average molecular weight is 472 g/mol. The van der Waals surface area contributed by atoms with Gasteiger partial charge in [0.05, 0.1) is 34.5 Å². The van der Waals surface area contributed by atoms with Crippen LogP contribution < -0.4 is 16.2 Å². The first-order valence-corrected chi connectivity index (χ1v) is 11.3. The molecule has 2 atom stereocenters. The molecule has 1 aliphatic rings. The van der Waals surface area contributed by atoms with Crippen molar-refractivity contribution in [2.24, 2.45) is 12.8 Å². The van der Waals surface area contributed by atoms with Gasteiger partial charge in [-0.15, -0.1) is 0 Å². The minimum atomic E-state index is -0.573. The lowest BCUT2D eigenvalue weighted by Crippen LogP contribution is -2.59. The summed E-state index contributed by atoms with van der Waals surface area (Å²) in [4.78, 5) is 38.0. The normalized spacial score (nSPS) is 17.5. The van der Waals surface area contributed by atoms with Gasteiger partial charge >= 0.3 is 0 Å². The number of piperazine rings is 1. The van der Waals surface area contributed by atoms with Crippen LogP contribution in [0.2, 0.25) is 0 Å². The topological polar surface area (TPSA) is 139 Å². The Morgan fingerprint density at radius 1 is 1.23 bits per heavy atom. The number of nitrogens with zero attached hydrogens (tertiary/aromatic N) is 8. The minimum absolute atomic E-state index is 0.0770. The summed E-state index contributed by atoms with van der Waals surface area (Å²) in [5, 5.41) is 13.6. The second kappa shape index (κ2) is 8.81. The summed E-state index contributed by atoms with van der Waals surface area (Å²) in [6.45, 7) is 3.58. The van der Waals surface area contributed by atoms with Gasteiger partial charge in [0.1, 0.15) is 18.1 Å².